The Morgan fingerprint density at radius 3 is 2.65 bits per heavy atom. The molecule has 0 bridgehead atoms. The van der Waals surface area contributed by atoms with Crippen LogP contribution in [0.1, 0.15) is 26.7 Å². The van der Waals surface area contributed by atoms with Crippen molar-refractivity contribution in [3.8, 4) is 0 Å². The molecule has 6 nitrogen and oxygen atoms in total. The molecule has 1 saturated heterocycles. The van der Waals surface area contributed by atoms with Crippen LogP contribution in [0.3, 0.4) is 0 Å². The van der Waals surface area contributed by atoms with Gasteiger partial charge in [-0.05, 0) is 33.7 Å². The van der Waals surface area contributed by atoms with E-state index in [0.717, 1.165) is 19.4 Å². The Kier molecular flexibility index (Phi) is 12.2. The van der Waals surface area contributed by atoms with Gasteiger partial charge in [-0.3, -0.25) is 14.7 Å². The quantitative estimate of drug-likeness (QED) is 0.255. The first-order valence-electron chi connectivity index (χ1n) is 8.72. The Balaban J connectivity index is 0.00000625. The van der Waals surface area contributed by atoms with Crippen LogP contribution < -0.4 is 5.32 Å². The van der Waals surface area contributed by atoms with Crippen LogP contribution >= 0.6 is 24.0 Å². The van der Waals surface area contributed by atoms with E-state index in [1.54, 1.807) is 6.92 Å². The van der Waals surface area contributed by atoms with E-state index in [4.69, 9.17) is 4.74 Å². The third-order valence-electron chi connectivity index (χ3n) is 3.87. The molecule has 1 fully saturated rings. The topological polar surface area (TPSA) is 57.2 Å². The highest BCUT2D eigenvalue weighted by atomic mass is 127. The number of guanidine groups is 1. The van der Waals surface area contributed by atoms with Gasteiger partial charge in [0.2, 0.25) is 0 Å². The molecule has 0 radical (unpaired) electrons. The number of aliphatic imine (C=N–C) groups is 1. The van der Waals surface area contributed by atoms with E-state index in [1.165, 1.54) is 11.9 Å². The fraction of sp³-hybridized carbons (Fsp3) is 0.875. The number of alkyl halides is 3. The number of nitrogens with zero attached hydrogens (tertiary/aromatic N) is 3. The summed E-state index contributed by atoms with van der Waals surface area (Å²) in [5.41, 5.74) is 0. The fourth-order valence-electron chi connectivity index (χ4n) is 2.76. The summed E-state index contributed by atoms with van der Waals surface area (Å²) < 4.78 is 42.1. The Morgan fingerprint density at radius 2 is 2.08 bits per heavy atom. The van der Waals surface area contributed by atoms with Gasteiger partial charge >= 0.3 is 12.1 Å². The average Bonchev–Trinajstić information content (AvgIpc) is 2.52. The first kappa shape index (κ1) is 25.2. The van der Waals surface area contributed by atoms with Crippen LogP contribution in [0.5, 0.6) is 0 Å². The van der Waals surface area contributed by atoms with Gasteiger partial charge in [0.25, 0.3) is 0 Å². The molecule has 26 heavy (non-hydrogen) atoms. The standard InChI is InChI=1S/C16H29F3N4O2.HI/c1-4-20-15(21-8-10-22(3)12-16(17,18)19)23-9-6-7-13(11-23)14(24)25-5-2;/h13H,4-12H2,1-3H3,(H,20,21);1H. The second-order valence-electron chi connectivity index (χ2n) is 6.13. The normalized spacial score (nSPS) is 18.5. The van der Waals surface area contributed by atoms with Crippen LogP contribution in [-0.2, 0) is 9.53 Å². The number of carbonyl (C=O) groups is 1. The minimum atomic E-state index is -4.21. The molecule has 1 N–H and O–H groups in total. The van der Waals surface area contributed by atoms with E-state index >= 15 is 0 Å². The number of ether oxygens (including phenoxy) is 1. The highest BCUT2D eigenvalue weighted by molar-refractivity contribution is 14.0. The third kappa shape index (κ3) is 9.79. The Bertz CT molecular complexity index is 450. The van der Waals surface area contributed by atoms with Gasteiger partial charge in [0.15, 0.2) is 5.96 Å². The van der Waals surface area contributed by atoms with Crippen molar-refractivity contribution in [2.75, 3.05) is 52.9 Å². The highest BCUT2D eigenvalue weighted by Gasteiger charge is 2.30. The van der Waals surface area contributed by atoms with Crippen molar-refractivity contribution < 1.29 is 22.7 Å². The van der Waals surface area contributed by atoms with Gasteiger partial charge in [-0.25, -0.2) is 0 Å². The molecule has 1 aliphatic rings. The zero-order chi connectivity index (χ0) is 18.9. The largest absolute Gasteiger partial charge is 0.466 e. The Hall–Kier alpha value is -0.780. The molecule has 154 valence electrons. The lowest BCUT2D eigenvalue weighted by atomic mass is 9.98. The molecule has 1 unspecified atom stereocenters. The number of piperidine rings is 1. The lowest BCUT2D eigenvalue weighted by molar-refractivity contribution is -0.149. The van der Waals surface area contributed by atoms with Crippen LogP contribution in [0.25, 0.3) is 0 Å². The van der Waals surface area contributed by atoms with Crippen molar-refractivity contribution >= 4 is 35.9 Å². The number of likely N-dealkylation sites (tertiary alicyclic amines) is 1. The maximum Gasteiger partial charge on any atom is 0.401 e. The summed E-state index contributed by atoms with van der Waals surface area (Å²) in [6, 6.07) is 0. The molecule has 0 aliphatic carbocycles. The summed E-state index contributed by atoms with van der Waals surface area (Å²) in [6.07, 6.45) is -2.58. The molecule has 1 atom stereocenters. The van der Waals surface area contributed by atoms with Crippen molar-refractivity contribution in [2.45, 2.75) is 32.9 Å². The smallest absolute Gasteiger partial charge is 0.401 e. The fourth-order valence-corrected chi connectivity index (χ4v) is 2.76. The van der Waals surface area contributed by atoms with Gasteiger partial charge in [0.05, 0.1) is 25.6 Å². The minimum Gasteiger partial charge on any atom is -0.466 e. The van der Waals surface area contributed by atoms with Crippen molar-refractivity contribution in [3.63, 3.8) is 0 Å². The summed E-state index contributed by atoms with van der Waals surface area (Å²) in [6.45, 7) is 5.52. The molecule has 0 amide bonds. The molecule has 1 rings (SSSR count). The van der Waals surface area contributed by atoms with Gasteiger partial charge in [0.1, 0.15) is 0 Å². The number of carbonyl (C=O) groups excluding carboxylic acids is 1. The number of rotatable bonds is 7. The molecule has 0 aromatic rings. The Morgan fingerprint density at radius 1 is 1.38 bits per heavy atom. The number of halogens is 4. The van der Waals surface area contributed by atoms with E-state index in [9.17, 15) is 18.0 Å². The van der Waals surface area contributed by atoms with E-state index < -0.39 is 12.7 Å². The molecule has 1 aliphatic heterocycles. The molecular formula is C16H30F3IN4O2. The summed E-state index contributed by atoms with van der Waals surface area (Å²) in [7, 11) is 1.42. The summed E-state index contributed by atoms with van der Waals surface area (Å²) in [5, 5.41) is 3.15. The first-order valence-corrected chi connectivity index (χ1v) is 8.72. The second kappa shape index (κ2) is 12.6. The van der Waals surface area contributed by atoms with Crippen LogP contribution in [0, 0.1) is 5.92 Å². The molecule has 10 heteroatoms. The van der Waals surface area contributed by atoms with Gasteiger partial charge in [-0.2, -0.15) is 13.2 Å². The summed E-state index contributed by atoms with van der Waals surface area (Å²) in [5.74, 6) is 0.246. The lowest BCUT2D eigenvalue weighted by Crippen LogP contribution is -2.48. The zero-order valence-corrected chi connectivity index (χ0v) is 18.0. The predicted octanol–water partition coefficient (Wildman–Crippen LogP) is 2.34. The third-order valence-corrected chi connectivity index (χ3v) is 3.87. The number of nitrogens with one attached hydrogen (secondary N) is 1. The van der Waals surface area contributed by atoms with E-state index in [2.05, 4.69) is 10.3 Å². The van der Waals surface area contributed by atoms with Gasteiger partial charge in [0, 0.05) is 26.2 Å². The summed E-state index contributed by atoms with van der Waals surface area (Å²) >= 11 is 0. The second-order valence-corrected chi connectivity index (χ2v) is 6.13. The maximum absolute atomic E-state index is 12.3. The molecule has 0 spiro atoms. The SMILES string of the molecule is CCNC(=NCCN(C)CC(F)(F)F)N1CCCC(C(=O)OCC)C1.I. The van der Waals surface area contributed by atoms with Gasteiger partial charge < -0.3 is 15.0 Å². The van der Waals surface area contributed by atoms with Crippen LogP contribution in [-0.4, -0.2) is 80.8 Å². The van der Waals surface area contributed by atoms with E-state index in [0.29, 0.717) is 25.7 Å². The number of likely N-dealkylation sites (N-methyl/N-ethyl adjacent to an activating group) is 1. The molecular weight excluding hydrogens is 464 g/mol. The predicted molar refractivity (Wildman–Crippen MR) is 106 cm³/mol. The zero-order valence-electron chi connectivity index (χ0n) is 15.6. The molecule has 0 saturated carbocycles. The van der Waals surface area contributed by atoms with Crippen molar-refractivity contribution in [3.05, 3.63) is 0 Å². The molecule has 0 aromatic carbocycles. The highest BCUT2D eigenvalue weighted by Crippen LogP contribution is 2.18. The van der Waals surface area contributed by atoms with Crippen LogP contribution in [0.15, 0.2) is 4.99 Å². The first-order chi connectivity index (χ1) is 11.8. The number of hydrogen-bond acceptors (Lipinski definition) is 4. The average molecular weight is 494 g/mol. The number of esters is 1. The molecule has 0 aromatic heterocycles. The molecule has 1 heterocycles. The number of hydrogen-bond donors (Lipinski definition) is 1. The monoisotopic (exact) mass is 494 g/mol. The minimum absolute atomic E-state index is 0. The van der Waals surface area contributed by atoms with Crippen molar-refractivity contribution in [2.24, 2.45) is 10.9 Å². The van der Waals surface area contributed by atoms with Gasteiger partial charge in [-0.15, -0.1) is 24.0 Å². The van der Waals surface area contributed by atoms with Crippen molar-refractivity contribution in [1.82, 2.24) is 15.1 Å². The van der Waals surface area contributed by atoms with Gasteiger partial charge in [-0.1, -0.05) is 0 Å². The van der Waals surface area contributed by atoms with Crippen LogP contribution in [0.2, 0.25) is 0 Å². The van der Waals surface area contributed by atoms with Crippen molar-refractivity contribution in [1.29, 1.82) is 0 Å². The summed E-state index contributed by atoms with van der Waals surface area (Å²) in [4.78, 5) is 19.5. The lowest BCUT2D eigenvalue weighted by Gasteiger charge is -2.34. The van der Waals surface area contributed by atoms with E-state index in [-0.39, 0.29) is 49.0 Å². The Labute approximate surface area is 170 Å². The van der Waals surface area contributed by atoms with Crippen LogP contribution in [0.4, 0.5) is 13.2 Å². The maximum atomic E-state index is 12.3. The van der Waals surface area contributed by atoms with E-state index in [1.807, 2.05) is 11.8 Å².